The van der Waals surface area contributed by atoms with Crippen LogP contribution in [-0.2, 0) is 0 Å². The van der Waals surface area contributed by atoms with Crippen LogP contribution in [-0.4, -0.2) is 27.0 Å². The number of carbonyl (C=O) groups excluding carboxylic acids is 1. The van der Waals surface area contributed by atoms with Crippen molar-refractivity contribution in [3.05, 3.63) is 46.3 Å². The van der Waals surface area contributed by atoms with Gasteiger partial charge in [0.1, 0.15) is 0 Å². The first-order valence-corrected chi connectivity index (χ1v) is 10.5. The Hall–Kier alpha value is -0.951. The van der Waals surface area contributed by atoms with E-state index in [1.54, 1.807) is 0 Å². The zero-order valence-electron chi connectivity index (χ0n) is 12.9. The van der Waals surface area contributed by atoms with Crippen LogP contribution in [0.1, 0.15) is 36.0 Å². The Kier molecular flexibility index (Phi) is 5.27. The van der Waals surface area contributed by atoms with Crippen LogP contribution in [0, 0.1) is 18.6 Å². The zero-order valence-corrected chi connectivity index (χ0v) is 16.6. The SMILES string of the molecule is Cc1c[c]([Sn][C](C)(C)C)sc1C(=O)Nc1c(F)cccc1F. The van der Waals surface area contributed by atoms with Gasteiger partial charge in [-0.2, -0.15) is 0 Å². The molecule has 0 unspecified atom stereocenters. The first kappa shape index (κ1) is 17.4. The van der Waals surface area contributed by atoms with Crippen molar-refractivity contribution in [3.63, 3.8) is 0 Å². The third kappa shape index (κ3) is 4.29. The standard InChI is InChI=1S/C12H8F2NOS.C4H9.Sn/c1-7-5-6-17-11(7)12(16)15-10-8(13)3-2-4-9(10)14;1-4(2)3;/h2-5H,1H3,(H,15,16);1-3H3;. The molecule has 0 atom stereocenters. The van der Waals surface area contributed by atoms with Gasteiger partial charge < -0.3 is 0 Å². The number of thiophene rings is 1. The summed E-state index contributed by atoms with van der Waals surface area (Å²) in [4.78, 5) is 12.8. The van der Waals surface area contributed by atoms with Gasteiger partial charge in [-0.1, -0.05) is 0 Å². The molecule has 2 rings (SSSR count). The van der Waals surface area contributed by atoms with Gasteiger partial charge in [0.15, 0.2) is 0 Å². The minimum atomic E-state index is -0.803. The van der Waals surface area contributed by atoms with Gasteiger partial charge in [0, 0.05) is 0 Å². The molecular weight excluding hydrogens is 411 g/mol. The first-order chi connectivity index (χ1) is 10.2. The quantitative estimate of drug-likeness (QED) is 0.733. The average molecular weight is 428 g/mol. The Morgan fingerprint density at radius 2 is 1.82 bits per heavy atom. The van der Waals surface area contributed by atoms with E-state index in [0.29, 0.717) is 4.88 Å². The van der Waals surface area contributed by atoms with Gasteiger partial charge in [-0.15, -0.1) is 0 Å². The molecule has 0 saturated carbocycles. The topological polar surface area (TPSA) is 29.1 Å². The number of anilines is 1. The number of para-hydroxylation sites is 1. The van der Waals surface area contributed by atoms with Crippen molar-refractivity contribution in [1.29, 1.82) is 0 Å². The molecule has 2 nitrogen and oxygen atoms in total. The molecule has 2 aromatic rings. The molecule has 22 heavy (non-hydrogen) atoms. The van der Waals surface area contributed by atoms with Gasteiger partial charge in [0.25, 0.3) is 0 Å². The van der Waals surface area contributed by atoms with Crippen LogP contribution < -0.4 is 8.21 Å². The fourth-order valence-electron chi connectivity index (χ4n) is 1.93. The van der Waals surface area contributed by atoms with Crippen LogP contribution in [0.3, 0.4) is 0 Å². The van der Waals surface area contributed by atoms with Crippen LogP contribution in [0.15, 0.2) is 24.3 Å². The van der Waals surface area contributed by atoms with Crippen LogP contribution in [0.4, 0.5) is 14.5 Å². The van der Waals surface area contributed by atoms with Crippen LogP contribution >= 0.6 is 11.3 Å². The average Bonchev–Trinajstić information content (AvgIpc) is 2.72. The van der Waals surface area contributed by atoms with Crippen molar-refractivity contribution in [2.24, 2.45) is 0 Å². The second-order valence-corrected chi connectivity index (χ2v) is 14.7. The van der Waals surface area contributed by atoms with Crippen molar-refractivity contribution in [2.75, 3.05) is 5.32 Å². The monoisotopic (exact) mass is 429 g/mol. The van der Waals surface area contributed by atoms with Gasteiger partial charge in [-0.25, -0.2) is 0 Å². The number of amides is 1. The van der Waals surface area contributed by atoms with Crippen LogP contribution in [0.5, 0.6) is 0 Å². The summed E-state index contributed by atoms with van der Waals surface area (Å²) in [7, 11) is 0. The van der Waals surface area contributed by atoms with Crippen molar-refractivity contribution >= 4 is 47.0 Å². The molecule has 2 radical (unpaired) electrons. The maximum atomic E-state index is 13.6. The molecule has 1 heterocycles. The second kappa shape index (κ2) is 6.66. The van der Waals surface area contributed by atoms with Gasteiger partial charge in [-0.05, 0) is 0 Å². The molecule has 116 valence electrons. The summed E-state index contributed by atoms with van der Waals surface area (Å²) < 4.78 is 28.8. The predicted octanol–water partition coefficient (Wildman–Crippen LogP) is 4.13. The molecule has 0 saturated heterocycles. The summed E-state index contributed by atoms with van der Waals surface area (Å²) in [5.41, 5.74) is 0.469. The van der Waals surface area contributed by atoms with Crippen molar-refractivity contribution in [2.45, 2.75) is 31.1 Å². The van der Waals surface area contributed by atoms with Crippen LogP contribution in [0.25, 0.3) is 0 Å². The van der Waals surface area contributed by atoms with Gasteiger partial charge in [0.2, 0.25) is 0 Å². The van der Waals surface area contributed by atoms with E-state index >= 15 is 0 Å². The van der Waals surface area contributed by atoms with Crippen molar-refractivity contribution in [1.82, 2.24) is 0 Å². The molecule has 0 spiro atoms. The van der Waals surface area contributed by atoms with Crippen molar-refractivity contribution in [3.8, 4) is 0 Å². The number of aryl methyl sites for hydroxylation is 1. The molecule has 1 aromatic carbocycles. The second-order valence-electron chi connectivity index (χ2n) is 6.05. The van der Waals surface area contributed by atoms with E-state index < -0.39 is 44.4 Å². The summed E-state index contributed by atoms with van der Waals surface area (Å²) in [6.07, 6.45) is 0. The summed E-state index contributed by atoms with van der Waals surface area (Å²) in [6.45, 7) is 8.45. The number of halogens is 2. The van der Waals surface area contributed by atoms with Crippen molar-refractivity contribution < 1.29 is 13.6 Å². The number of nitrogens with one attached hydrogen (secondary N) is 1. The minimum absolute atomic E-state index is 0.284. The normalized spacial score (nSPS) is 11.5. The molecule has 0 aliphatic heterocycles. The first-order valence-electron chi connectivity index (χ1n) is 6.81. The van der Waals surface area contributed by atoms with Crippen LogP contribution in [0.2, 0.25) is 3.43 Å². The molecule has 1 N–H and O–H groups in total. The van der Waals surface area contributed by atoms with E-state index in [1.807, 2.05) is 13.0 Å². The Balaban J connectivity index is 2.23. The number of hydrogen-bond acceptors (Lipinski definition) is 2. The molecule has 1 aromatic heterocycles. The van der Waals surface area contributed by atoms with Gasteiger partial charge in [-0.3, -0.25) is 0 Å². The summed E-state index contributed by atoms with van der Waals surface area (Å²) >= 11 is 0.641. The molecule has 6 heteroatoms. The Bertz CT molecular complexity index is 686. The molecule has 0 aliphatic carbocycles. The van der Waals surface area contributed by atoms with Gasteiger partial charge in [0.05, 0.1) is 0 Å². The van der Waals surface area contributed by atoms with E-state index in [9.17, 15) is 13.6 Å². The number of carbonyl (C=O) groups is 1. The zero-order chi connectivity index (χ0) is 16.5. The summed E-state index contributed by atoms with van der Waals surface area (Å²) in [5, 5.41) is 2.35. The molecule has 1 amide bonds. The maximum absolute atomic E-state index is 13.6. The third-order valence-corrected chi connectivity index (χ3v) is 8.69. The van der Waals surface area contributed by atoms with Gasteiger partial charge >= 0.3 is 143 Å². The molecule has 0 bridgehead atoms. The van der Waals surface area contributed by atoms with E-state index in [0.717, 1.165) is 17.7 Å². The molecular formula is C16H17F2NOSSn. The Morgan fingerprint density at radius 3 is 2.36 bits per heavy atom. The third-order valence-electron chi connectivity index (χ3n) is 2.82. The van der Waals surface area contributed by atoms with E-state index in [-0.39, 0.29) is 3.43 Å². The Morgan fingerprint density at radius 1 is 1.23 bits per heavy atom. The van der Waals surface area contributed by atoms with E-state index in [1.165, 1.54) is 20.3 Å². The molecule has 0 aliphatic rings. The fraction of sp³-hybridized carbons (Fsp3) is 0.312. The Labute approximate surface area is 143 Å². The van der Waals surface area contributed by atoms with E-state index in [4.69, 9.17) is 0 Å². The molecule has 0 fully saturated rings. The predicted molar refractivity (Wildman–Crippen MR) is 88.5 cm³/mol. The summed E-state index contributed by atoms with van der Waals surface area (Å²) in [5.74, 6) is -1.99. The number of rotatable bonds is 3. The number of benzene rings is 1. The number of hydrogen-bond donors (Lipinski definition) is 1. The fourth-order valence-corrected chi connectivity index (χ4v) is 9.09. The summed E-state index contributed by atoms with van der Waals surface area (Å²) in [6, 6.07) is 5.55. The van der Waals surface area contributed by atoms with E-state index in [2.05, 4.69) is 26.1 Å².